The Labute approximate surface area is 84.4 Å². The van der Waals surface area contributed by atoms with Crippen molar-refractivity contribution in [2.24, 2.45) is 0 Å². The number of hydrogen-bond donors (Lipinski definition) is 0. The standard InChI is InChI=1S/C11H5F2NO/c12-7-1-3-9(10(13)5-7)11-4-2-8(6-14)15-11/h1-5H. The highest BCUT2D eigenvalue weighted by atomic mass is 19.1. The molecule has 2 rings (SSSR count). The second kappa shape index (κ2) is 3.54. The minimum absolute atomic E-state index is 0.0914. The third-order valence-corrected chi connectivity index (χ3v) is 1.91. The van der Waals surface area contributed by atoms with Crippen molar-refractivity contribution in [1.82, 2.24) is 0 Å². The number of nitrogens with zero attached hydrogens (tertiary/aromatic N) is 1. The van der Waals surface area contributed by atoms with E-state index in [1.165, 1.54) is 18.2 Å². The molecule has 4 heteroatoms. The van der Waals surface area contributed by atoms with Crippen molar-refractivity contribution in [3.05, 3.63) is 47.7 Å². The van der Waals surface area contributed by atoms with E-state index in [0.29, 0.717) is 0 Å². The Kier molecular flexibility index (Phi) is 2.22. The predicted octanol–water partition coefficient (Wildman–Crippen LogP) is 3.10. The zero-order valence-corrected chi connectivity index (χ0v) is 7.50. The molecule has 0 saturated carbocycles. The summed E-state index contributed by atoms with van der Waals surface area (Å²) < 4.78 is 30.9. The summed E-state index contributed by atoms with van der Waals surface area (Å²) in [6.07, 6.45) is 0. The Morgan fingerprint density at radius 1 is 1.13 bits per heavy atom. The lowest BCUT2D eigenvalue weighted by Gasteiger charge is -1.98. The first kappa shape index (κ1) is 9.41. The fourth-order valence-corrected chi connectivity index (χ4v) is 1.23. The van der Waals surface area contributed by atoms with Crippen LogP contribution in [0.4, 0.5) is 8.78 Å². The average molecular weight is 205 g/mol. The minimum Gasteiger partial charge on any atom is -0.446 e. The highest BCUT2D eigenvalue weighted by Gasteiger charge is 2.10. The number of benzene rings is 1. The SMILES string of the molecule is N#Cc1ccc(-c2ccc(F)cc2F)o1. The smallest absolute Gasteiger partial charge is 0.204 e. The molecule has 0 radical (unpaired) electrons. The lowest BCUT2D eigenvalue weighted by molar-refractivity contribution is 0.551. The number of hydrogen-bond acceptors (Lipinski definition) is 2. The van der Waals surface area contributed by atoms with Crippen LogP contribution < -0.4 is 0 Å². The molecule has 0 spiro atoms. The van der Waals surface area contributed by atoms with Crippen LogP contribution >= 0.6 is 0 Å². The topological polar surface area (TPSA) is 36.9 Å². The van der Waals surface area contributed by atoms with Crippen LogP contribution in [0.3, 0.4) is 0 Å². The Hall–Kier alpha value is -2.15. The van der Waals surface area contributed by atoms with Gasteiger partial charge in [0.05, 0.1) is 5.56 Å². The third-order valence-electron chi connectivity index (χ3n) is 1.91. The van der Waals surface area contributed by atoms with Crippen molar-refractivity contribution in [2.45, 2.75) is 0 Å². The van der Waals surface area contributed by atoms with Gasteiger partial charge in [-0.15, -0.1) is 0 Å². The molecule has 15 heavy (non-hydrogen) atoms. The second-order valence-electron chi connectivity index (χ2n) is 2.90. The number of nitriles is 1. The first-order valence-electron chi connectivity index (χ1n) is 4.16. The fourth-order valence-electron chi connectivity index (χ4n) is 1.23. The van der Waals surface area contributed by atoms with E-state index in [4.69, 9.17) is 9.68 Å². The van der Waals surface area contributed by atoms with Gasteiger partial charge in [-0.25, -0.2) is 8.78 Å². The van der Waals surface area contributed by atoms with E-state index in [0.717, 1.165) is 12.1 Å². The van der Waals surface area contributed by atoms with Crippen molar-refractivity contribution in [3.8, 4) is 17.4 Å². The third kappa shape index (κ3) is 1.72. The molecule has 0 unspecified atom stereocenters. The van der Waals surface area contributed by atoms with Gasteiger partial charge in [-0.2, -0.15) is 5.26 Å². The van der Waals surface area contributed by atoms with Crippen LogP contribution in [-0.2, 0) is 0 Å². The zero-order chi connectivity index (χ0) is 10.8. The normalized spacial score (nSPS) is 9.93. The van der Waals surface area contributed by atoms with Crippen molar-refractivity contribution < 1.29 is 13.2 Å². The van der Waals surface area contributed by atoms with Crippen LogP contribution in [-0.4, -0.2) is 0 Å². The molecule has 0 saturated heterocycles. The fraction of sp³-hybridized carbons (Fsp3) is 0. The maximum absolute atomic E-state index is 13.3. The van der Waals surface area contributed by atoms with E-state index in [1.807, 2.05) is 0 Å². The van der Waals surface area contributed by atoms with Crippen molar-refractivity contribution in [2.75, 3.05) is 0 Å². The van der Waals surface area contributed by atoms with E-state index >= 15 is 0 Å². The van der Waals surface area contributed by atoms with Gasteiger partial charge in [-0.1, -0.05) is 0 Å². The Balaban J connectivity index is 2.50. The quantitative estimate of drug-likeness (QED) is 0.717. The van der Waals surface area contributed by atoms with Crippen LogP contribution in [0.15, 0.2) is 34.7 Å². The molecule has 0 amide bonds. The molecular formula is C11H5F2NO. The van der Waals surface area contributed by atoms with E-state index in [-0.39, 0.29) is 17.1 Å². The zero-order valence-electron chi connectivity index (χ0n) is 7.50. The molecule has 0 aliphatic heterocycles. The van der Waals surface area contributed by atoms with E-state index in [1.54, 1.807) is 6.07 Å². The van der Waals surface area contributed by atoms with Crippen molar-refractivity contribution in [3.63, 3.8) is 0 Å². The lowest BCUT2D eigenvalue weighted by Crippen LogP contribution is -1.84. The predicted molar refractivity (Wildman–Crippen MR) is 48.8 cm³/mol. The maximum Gasteiger partial charge on any atom is 0.204 e. The van der Waals surface area contributed by atoms with Crippen LogP contribution in [0.1, 0.15) is 5.76 Å². The summed E-state index contributed by atoms with van der Waals surface area (Å²) in [6.45, 7) is 0. The lowest BCUT2D eigenvalue weighted by atomic mass is 10.1. The Bertz CT molecular complexity index is 540. The molecule has 0 fully saturated rings. The summed E-state index contributed by atoms with van der Waals surface area (Å²) in [6, 6.07) is 7.85. The monoisotopic (exact) mass is 205 g/mol. The van der Waals surface area contributed by atoms with E-state index in [9.17, 15) is 8.78 Å². The van der Waals surface area contributed by atoms with Gasteiger partial charge >= 0.3 is 0 Å². The van der Waals surface area contributed by atoms with Gasteiger partial charge in [0.25, 0.3) is 0 Å². The molecule has 2 aromatic rings. The maximum atomic E-state index is 13.3. The van der Waals surface area contributed by atoms with Crippen molar-refractivity contribution >= 4 is 0 Å². The van der Waals surface area contributed by atoms with E-state index in [2.05, 4.69) is 0 Å². The molecule has 1 heterocycles. The van der Waals surface area contributed by atoms with Crippen molar-refractivity contribution in [1.29, 1.82) is 5.26 Å². The highest BCUT2D eigenvalue weighted by molar-refractivity contribution is 5.58. The molecule has 0 bridgehead atoms. The first-order chi connectivity index (χ1) is 7.20. The molecule has 1 aromatic heterocycles. The van der Waals surface area contributed by atoms with Gasteiger partial charge in [0, 0.05) is 6.07 Å². The summed E-state index contributed by atoms with van der Waals surface area (Å²) in [5.74, 6) is -1.06. The average Bonchev–Trinajstić information content (AvgIpc) is 2.66. The Morgan fingerprint density at radius 2 is 1.93 bits per heavy atom. The largest absolute Gasteiger partial charge is 0.446 e. The van der Waals surface area contributed by atoms with Gasteiger partial charge < -0.3 is 4.42 Å². The van der Waals surface area contributed by atoms with Crippen LogP contribution in [0.2, 0.25) is 0 Å². The molecule has 2 nitrogen and oxygen atoms in total. The van der Waals surface area contributed by atoms with Gasteiger partial charge in [0.15, 0.2) is 0 Å². The number of rotatable bonds is 1. The molecule has 0 N–H and O–H groups in total. The van der Waals surface area contributed by atoms with Gasteiger partial charge in [0.2, 0.25) is 5.76 Å². The molecule has 74 valence electrons. The first-order valence-corrected chi connectivity index (χ1v) is 4.16. The number of furan rings is 1. The summed E-state index contributed by atoms with van der Waals surface area (Å²) in [4.78, 5) is 0. The molecule has 0 aliphatic rings. The van der Waals surface area contributed by atoms with Gasteiger partial charge in [-0.3, -0.25) is 0 Å². The summed E-state index contributed by atoms with van der Waals surface area (Å²) >= 11 is 0. The van der Waals surface area contributed by atoms with Crippen LogP contribution in [0, 0.1) is 23.0 Å². The summed E-state index contributed by atoms with van der Waals surface area (Å²) in [5.41, 5.74) is 0.137. The minimum atomic E-state index is -0.714. The molecule has 0 atom stereocenters. The van der Waals surface area contributed by atoms with Crippen LogP contribution in [0.25, 0.3) is 11.3 Å². The summed E-state index contributed by atoms with van der Waals surface area (Å²) in [7, 11) is 0. The molecule has 1 aromatic carbocycles. The highest BCUT2D eigenvalue weighted by Crippen LogP contribution is 2.25. The Morgan fingerprint density at radius 3 is 2.53 bits per heavy atom. The molecule has 0 aliphatic carbocycles. The number of halogens is 2. The molecular weight excluding hydrogens is 200 g/mol. The second-order valence-corrected chi connectivity index (χ2v) is 2.90. The van der Waals surface area contributed by atoms with Crippen LogP contribution in [0.5, 0.6) is 0 Å². The van der Waals surface area contributed by atoms with E-state index < -0.39 is 11.6 Å². The summed E-state index contributed by atoms with van der Waals surface area (Å²) in [5, 5.41) is 8.51. The van der Waals surface area contributed by atoms with Gasteiger partial charge in [-0.05, 0) is 24.3 Å². The van der Waals surface area contributed by atoms with Gasteiger partial charge in [0.1, 0.15) is 23.5 Å².